The lowest BCUT2D eigenvalue weighted by Crippen LogP contribution is -2.04. The van der Waals surface area contributed by atoms with Crippen molar-refractivity contribution < 1.29 is 14.3 Å². The van der Waals surface area contributed by atoms with Crippen LogP contribution < -0.4 is 4.74 Å². The van der Waals surface area contributed by atoms with E-state index < -0.39 is 0 Å². The quantitative estimate of drug-likeness (QED) is 0.719. The standard InChI is InChI=1S/C13H18O3/c1-4-5-6-10-7-8-11(13(14)16-3)12(9-10)15-2/h7-9H,4-6H2,1-3H3. The smallest absolute Gasteiger partial charge is 0.341 e. The summed E-state index contributed by atoms with van der Waals surface area (Å²) < 4.78 is 9.87. The van der Waals surface area contributed by atoms with Gasteiger partial charge in [0.2, 0.25) is 0 Å². The van der Waals surface area contributed by atoms with E-state index in [1.807, 2.05) is 12.1 Å². The van der Waals surface area contributed by atoms with Gasteiger partial charge in [-0.3, -0.25) is 0 Å². The molecule has 1 rings (SSSR count). The van der Waals surface area contributed by atoms with E-state index in [9.17, 15) is 4.79 Å². The van der Waals surface area contributed by atoms with Crippen LogP contribution in [0.15, 0.2) is 18.2 Å². The summed E-state index contributed by atoms with van der Waals surface area (Å²) in [5, 5.41) is 0. The molecule has 0 aliphatic rings. The normalized spacial score (nSPS) is 9.94. The lowest BCUT2D eigenvalue weighted by Gasteiger charge is -2.08. The van der Waals surface area contributed by atoms with Gasteiger partial charge in [-0.2, -0.15) is 0 Å². The first-order chi connectivity index (χ1) is 7.72. The zero-order valence-corrected chi connectivity index (χ0v) is 10.1. The molecule has 88 valence electrons. The summed E-state index contributed by atoms with van der Waals surface area (Å²) >= 11 is 0. The van der Waals surface area contributed by atoms with Gasteiger partial charge in [-0.05, 0) is 30.5 Å². The van der Waals surface area contributed by atoms with E-state index in [1.165, 1.54) is 12.7 Å². The lowest BCUT2D eigenvalue weighted by molar-refractivity contribution is 0.0597. The number of hydrogen-bond donors (Lipinski definition) is 0. The summed E-state index contributed by atoms with van der Waals surface area (Å²) in [4.78, 5) is 11.4. The van der Waals surface area contributed by atoms with Crippen LogP contribution in [0.1, 0.15) is 35.7 Å². The fraction of sp³-hybridized carbons (Fsp3) is 0.462. The molecule has 1 aromatic carbocycles. The largest absolute Gasteiger partial charge is 0.496 e. The Hall–Kier alpha value is -1.51. The van der Waals surface area contributed by atoms with Gasteiger partial charge >= 0.3 is 5.97 Å². The SMILES string of the molecule is CCCCc1ccc(C(=O)OC)c(OC)c1. The summed E-state index contributed by atoms with van der Waals surface area (Å²) in [5.74, 6) is 0.222. The molecule has 0 radical (unpaired) electrons. The first-order valence-corrected chi connectivity index (χ1v) is 5.48. The summed E-state index contributed by atoms with van der Waals surface area (Å²) in [5.41, 5.74) is 1.66. The highest BCUT2D eigenvalue weighted by Crippen LogP contribution is 2.22. The second-order valence-corrected chi connectivity index (χ2v) is 3.63. The summed E-state index contributed by atoms with van der Waals surface area (Å²) in [7, 11) is 2.93. The molecule has 0 aliphatic carbocycles. The molecule has 0 saturated heterocycles. The minimum absolute atomic E-state index is 0.362. The molecule has 0 unspecified atom stereocenters. The van der Waals surface area contributed by atoms with Gasteiger partial charge in [0.25, 0.3) is 0 Å². The van der Waals surface area contributed by atoms with Crippen LogP contribution in [0, 0.1) is 0 Å². The maximum atomic E-state index is 11.4. The predicted molar refractivity (Wildman–Crippen MR) is 62.9 cm³/mol. The zero-order valence-electron chi connectivity index (χ0n) is 10.1. The third-order valence-corrected chi connectivity index (χ3v) is 2.49. The molecule has 0 bridgehead atoms. The van der Waals surface area contributed by atoms with Gasteiger partial charge < -0.3 is 9.47 Å². The average molecular weight is 222 g/mol. The molecule has 0 saturated carbocycles. The molecule has 0 aromatic heterocycles. The van der Waals surface area contributed by atoms with E-state index in [-0.39, 0.29) is 5.97 Å². The molecule has 3 nitrogen and oxygen atoms in total. The van der Waals surface area contributed by atoms with Crippen LogP contribution >= 0.6 is 0 Å². The van der Waals surface area contributed by atoms with E-state index in [0.29, 0.717) is 11.3 Å². The second kappa shape index (κ2) is 6.16. The van der Waals surface area contributed by atoms with E-state index in [0.717, 1.165) is 19.3 Å². The number of unbranched alkanes of at least 4 members (excludes halogenated alkanes) is 1. The number of rotatable bonds is 5. The molecule has 16 heavy (non-hydrogen) atoms. The fourth-order valence-electron chi connectivity index (χ4n) is 1.55. The van der Waals surface area contributed by atoms with Crippen LogP contribution in [0.2, 0.25) is 0 Å². The number of methoxy groups -OCH3 is 2. The molecule has 0 amide bonds. The van der Waals surface area contributed by atoms with Gasteiger partial charge in [-0.1, -0.05) is 19.4 Å². The molecule has 0 atom stereocenters. The monoisotopic (exact) mass is 222 g/mol. The highest BCUT2D eigenvalue weighted by atomic mass is 16.5. The summed E-state index contributed by atoms with van der Waals surface area (Å²) in [6.45, 7) is 2.15. The van der Waals surface area contributed by atoms with Crippen LogP contribution in [-0.4, -0.2) is 20.2 Å². The van der Waals surface area contributed by atoms with Gasteiger partial charge in [-0.25, -0.2) is 4.79 Å². The Kier molecular flexibility index (Phi) is 4.83. The highest BCUT2D eigenvalue weighted by Gasteiger charge is 2.12. The van der Waals surface area contributed by atoms with Crippen LogP contribution in [0.3, 0.4) is 0 Å². The fourth-order valence-corrected chi connectivity index (χ4v) is 1.55. The lowest BCUT2D eigenvalue weighted by atomic mass is 10.1. The van der Waals surface area contributed by atoms with Crippen molar-refractivity contribution in [2.75, 3.05) is 14.2 Å². The van der Waals surface area contributed by atoms with E-state index >= 15 is 0 Å². The Balaban J connectivity index is 2.92. The van der Waals surface area contributed by atoms with E-state index in [2.05, 4.69) is 11.7 Å². The number of esters is 1. The molecule has 0 fully saturated rings. The maximum Gasteiger partial charge on any atom is 0.341 e. The van der Waals surface area contributed by atoms with E-state index in [1.54, 1.807) is 13.2 Å². The van der Waals surface area contributed by atoms with Crippen molar-refractivity contribution in [3.05, 3.63) is 29.3 Å². The Bertz CT molecular complexity index is 358. The third kappa shape index (κ3) is 2.99. The Morgan fingerprint density at radius 3 is 2.62 bits per heavy atom. The van der Waals surface area contributed by atoms with Crippen molar-refractivity contribution in [1.82, 2.24) is 0 Å². The van der Waals surface area contributed by atoms with Crippen molar-refractivity contribution in [1.29, 1.82) is 0 Å². The van der Waals surface area contributed by atoms with Gasteiger partial charge in [0.05, 0.1) is 14.2 Å². The molecule has 3 heteroatoms. The van der Waals surface area contributed by atoms with Crippen molar-refractivity contribution in [3.63, 3.8) is 0 Å². The van der Waals surface area contributed by atoms with Gasteiger partial charge in [0, 0.05) is 0 Å². The predicted octanol–water partition coefficient (Wildman–Crippen LogP) is 2.82. The average Bonchev–Trinajstić information content (AvgIpc) is 2.34. The van der Waals surface area contributed by atoms with Gasteiger partial charge in [0.15, 0.2) is 0 Å². The minimum Gasteiger partial charge on any atom is -0.496 e. The Labute approximate surface area is 96.4 Å². The first-order valence-electron chi connectivity index (χ1n) is 5.48. The second-order valence-electron chi connectivity index (χ2n) is 3.63. The van der Waals surface area contributed by atoms with Crippen LogP contribution in [-0.2, 0) is 11.2 Å². The van der Waals surface area contributed by atoms with Crippen molar-refractivity contribution >= 4 is 5.97 Å². The number of ether oxygens (including phenoxy) is 2. The molecule has 0 heterocycles. The van der Waals surface area contributed by atoms with Crippen molar-refractivity contribution in [2.45, 2.75) is 26.2 Å². The van der Waals surface area contributed by atoms with Crippen LogP contribution in [0.5, 0.6) is 5.75 Å². The number of carbonyl (C=O) groups is 1. The van der Waals surface area contributed by atoms with Gasteiger partial charge in [0.1, 0.15) is 11.3 Å². The molecular formula is C13H18O3. The van der Waals surface area contributed by atoms with Gasteiger partial charge in [-0.15, -0.1) is 0 Å². The molecular weight excluding hydrogens is 204 g/mol. The summed E-state index contributed by atoms with van der Waals surface area (Å²) in [6, 6.07) is 5.61. The Morgan fingerprint density at radius 2 is 2.06 bits per heavy atom. The number of aryl methyl sites for hydroxylation is 1. The van der Waals surface area contributed by atoms with Crippen LogP contribution in [0.4, 0.5) is 0 Å². The zero-order chi connectivity index (χ0) is 12.0. The third-order valence-electron chi connectivity index (χ3n) is 2.49. The first kappa shape index (κ1) is 12.6. The molecule has 1 aromatic rings. The number of hydrogen-bond acceptors (Lipinski definition) is 3. The molecule has 0 spiro atoms. The van der Waals surface area contributed by atoms with Crippen LogP contribution in [0.25, 0.3) is 0 Å². The van der Waals surface area contributed by atoms with Crippen molar-refractivity contribution in [2.24, 2.45) is 0 Å². The minimum atomic E-state index is -0.362. The Morgan fingerprint density at radius 1 is 1.31 bits per heavy atom. The van der Waals surface area contributed by atoms with Crippen molar-refractivity contribution in [3.8, 4) is 5.75 Å². The topological polar surface area (TPSA) is 35.5 Å². The highest BCUT2D eigenvalue weighted by molar-refractivity contribution is 5.92. The summed E-state index contributed by atoms with van der Waals surface area (Å²) in [6.07, 6.45) is 3.30. The number of carbonyl (C=O) groups excluding carboxylic acids is 1. The molecule has 0 N–H and O–H groups in total. The van der Waals surface area contributed by atoms with E-state index in [4.69, 9.17) is 4.74 Å². The molecule has 0 aliphatic heterocycles. The maximum absolute atomic E-state index is 11.4. The number of benzene rings is 1.